The second-order valence-corrected chi connectivity index (χ2v) is 9.61. The molecule has 0 aromatic heterocycles. The first kappa shape index (κ1) is 23.4. The Morgan fingerprint density at radius 1 is 0.971 bits per heavy atom. The van der Waals surface area contributed by atoms with E-state index in [1.165, 1.54) is 23.4 Å². The molecule has 35 heavy (non-hydrogen) atoms. The number of benzene rings is 3. The van der Waals surface area contributed by atoms with E-state index in [9.17, 15) is 9.59 Å². The zero-order chi connectivity index (χ0) is 24.4. The lowest BCUT2D eigenvalue weighted by Gasteiger charge is -2.24. The SMILES string of the molecule is COC(=O)[C@H]1CCCN1C(=O)c1ccc(N2CC[C@H](N[C@H](C)c3cccc4ccccc34)C2)cc1. The van der Waals surface area contributed by atoms with Crippen molar-refractivity contribution in [1.29, 1.82) is 0 Å². The second kappa shape index (κ2) is 10.1. The molecule has 2 aliphatic heterocycles. The molecule has 182 valence electrons. The number of likely N-dealkylation sites (tertiary alicyclic amines) is 1. The van der Waals surface area contributed by atoms with Crippen molar-refractivity contribution in [3.8, 4) is 0 Å². The number of hydrogen-bond acceptors (Lipinski definition) is 5. The topological polar surface area (TPSA) is 61.9 Å². The molecule has 3 aromatic carbocycles. The van der Waals surface area contributed by atoms with Gasteiger partial charge < -0.3 is 19.9 Å². The van der Waals surface area contributed by atoms with Crippen LogP contribution in [0.1, 0.15) is 48.1 Å². The molecule has 2 heterocycles. The van der Waals surface area contributed by atoms with Crippen molar-refractivity contribution in [2.24, 2.45) is 0 Å². The summed E-state index contributed by atoms with van der Waals surface area (Å²) in [7, 11) is 1.37. The van der Waals surface area contributed by atoms with Crippen LogP contribution in [-0.4, -0.2) is 55.6 Å². The fourth-order valence-electron chi connectivity index (χ4n) is 5.57. The molecule has 0 bridgehead atoms. The minimum absolute atomic E-state index is 0.102. The quantitative estimate of drug-likeness (QED) is 0.535. The molecule has 0 unspecified atom stereocenters. The normalized spacial score (nSPS) is 20.9. The summed E-state index contributed by atoms with van der Waals surface area (Å²) in [5.41, 5.74) is 3.06. The van der Waals surface area contributed by atoms with E-state index < -0.39 is 6.04 Å². The van der Waals surface area contributed by atoms with Crippen molar-refractivity contribution in [1.82, 2.24) is 10.2 Å². The van der Waals surface area contributed by atoms with Crippen LogP contribution in [0.2, 0.25) is 0 Å². The third-order valence-electron chi connectivity index (χ3n) is 7.43. The molecular formula is C29H33N3O3. The van der Waals surface area contributed by atoms with Gasteiger partial charge in [0.1, 0.15) is 6.04 Å². The lowest BCUT2D eigenvalue weighted by molar-refractivity contribution is -0.145. The molecule has 5 rings (SSSR count). The highest BCUT2D eigenvalue weighted by Crippen LogP contribution is 2.27. The van der Waals surface area contributed by atoms with Crippen molar-refractivity contribution in [3.63, 3.8) is 0 Å². The average Bonchev–Trinajstić information content (AvgIpc) is 3.58. The molecule has 3 atom stereocenters. The standard InChI is InChI=1S/C29H33N3O3/c1-20(25-10-5-8-21-7-3-4-9-26(21)25)30-23-16-18-31(19-23)24-14-12-22(13-15-24)28(33)32-17-6-11-27(32)29(34)35-2/h3-5,7-10,12-15,20,23,27,30H,6,11,16-19H2,1-2H3/t20-,23+,27-/m1/s1. The van der Waals surface area contributed by atoms with Gasteiger partial charge in [0.05, 0.1) is 7.11 Å². The molecule has 2 saturated heterocycles. The number of carbonyl (C=O) groups is 2. The summed E-state index contributed by atoms with van der Waals surface area (Å²) in [6.45, 7) is 4.74. The Hall–Kier alpha value is -3.38. The molecule has 0 saturated carbocycles. The maximum Gasteiger partial charge on any atom is 0.328 e. The van der Waals surface area contributed by atoms with Crippen molar-refractivity contribution in [3.05, 3.63) is 77.9 Å². The van der Waals surface area contributed by atoms with Gasteiger partial charge in [-0.1, -0.05) is 42.5 Å². The number of rotatable bonds is 6. The molecule has 3 aromatic rings. The summed E-state index contributed by atoms with van der Waals surface area (Å²) >= 11 is 0. The van der Waals surface area contributed by atoms with Gasteiger partial charge >= 0.3 is 5.97 Å². The molecule has 0 aliphatic carbocycles. The predicted octanol–water partition coefficient (Wildman–Crippen LogP) is 4.55. The number of fused-ring (bicyclic) bond motifs is 1. The van der Waals surface area contributed by atoms with E-state index in [2.05, 4.69) is 59.6 Å². The second-order valence-electron chi connectivity index (χ2n) is 9.61. The van der Waals surface area contributed by atoms with Crippen LogP contribution < -0.4 is 10.2 Å². The number of methoxy groups -OCH3 is 1. The summed E-state index contributed by atoms with van der Waals surface area (Å²) in [4.78, 5) is 29.0. The molecule has 2 aliphatic rings. The van der Waals surface area contributed by atoms with Gasteiger partial charge in [-0.15, -0.1) is 0 Å². The van der Waals surface area contributed by atoms with E-state index >= 15 is 0 Å². The van der Waals surface area contributed by atoms with Crippen molar-refractivity contribution in [2.45, 2.75) is 44.3 Å². The highest BCUT2D eigenvalue weighted by molar-refractivity contribution is 5.97. The zero-order valence-electron chi connectivity index (χ0n) is 20.4. The largest absolute Gasteiger partial charge is 0.467 e. The van der Waals surface area contributed by atoms with Gasteiger partial charge in [0.2, 0.25) is 0 Å². The fraction of sp³-hybridized carbons (Fsp3) is 0.379. The van der Waals surface area contributed by atoms with Gasteiger partial charge in [-0.05, 0) is 66.8 Å². The Labute approximate surface area is 206 Å². The molecule has 6 nitrogen and oxygen atoms in total. The first-order valence-corrected chi connectivity index (χ1v) is 12.5. The zero-order valence-corrected chi connectivity index (χ0v) is 20.4. The number of hydrogen-bond donors (Lipinski definition) is 1. The van der Waals surface area contributed by atoms with E-state index in [-0.39, 0.29) is 17.9 Å². The summed E-state index contributed by atoms with van der Waals surface area (Å²) in [6, 6.07) is 23.0. The summed E-state index contributed by atoms with van der Waals surface area (Å²) in [6.07, 6.45) is 2.56. The lowest BCUT2D eigenvalue weighted by Crippen LogP contribution is -2.41. The number of nitrogens with one attached hydrogen (secondary N) is 1. The van der Waals surface area contributed by atoms with Crippen LogP contribution in [0.4, 0.5) is 5.69 Å². The van der Waals surface area contributed by atoms with Crippen LogP contribution in [0.3, 0.4) is 0 Å². The highest BCUT2D eigenvalue weighted by Gasteiger charge is 2.35. The number of esters is 1. The molecule has 2 fully saturated rings. The van der Waals surface area contributed by atoms with E-state index in [1.54, 1.807) is 4.90 Å². The van der Waals surface area contributed by atoms with Crippen molar-refractivity contribution < 1.29 is 14.3 Å². The van der Waals surface area contributed by atoms with Gasteiger partial charge in [0.25, 0.3) is 5.91 Å². The first-order valence-electron chi connectivity index (χ1n) is 12.5. The van der Waals surface area contributed by atoms with E-state index in [0.717, 1.165) is 31.6 Å². The fourth-order valence-corrected chi connectivity index (χ4v) is 5.57. The lowest BCUT2D eigenvalue weighted by atomic mass is 9.99. The van der Waals surface area contributed by atoms with Gasteiger partial charge in [-0.25, -0.2) is 4.79 Å². The highest BCUT2D eigenvalue weighted by atomic mass is 16.5. The number of amides is 1. The predicted molar refractivity (Wildman–Crippen MR) is 139 cm³/mol. The third kappa shape index (κ3) is 4.76. The molecule has 1 N–H and O–H groups in total. The van der Waals surface area contributed by atoms with Gasteiger partial charge in [-0.3, -0.25) is 4.79 Å². The smallest absolute Gasteiger partial charge is 0.328 e. The minimum atomic E-state index is -0.471. The average molecular weight is 472 g/mol. The van der Waals surface area contributed by atoms with E-state index in [4.69, 9.17) is 4.74 Å². The summed E-state index contributed by atoms with van der Waals surface area (Å²) in [5.74, 6) is -0.435. The molecule has 0 radical (unpaired) electrons. The van der Waals surface area contributed by atoms with Crippen LogP contribution in [0, 0.1) is 0 Å². The molecule has 1 amide bonds. The van der Waals surface area contributed by atoms with Crippen LogP contribution >= 0.6 is 0 Å². The Balaban J connectivity index is 1.21. The van der Waals surface area contributed by atoms with Crippen molar-refractivity contribution >= 4 is 28.3 Å². The van der Waals surface area contributed by atoms with Gasteiger partial charge in [-0.2, -0.15) is 0 Å². The molecule has 6 heteroatoms. The summed E-state index contributed by atoms with van der Waals surface area (Å²) < 4.78 is 4.88. The van der Waals surface area contributed by atoms with Gasteiger partial charge in [0, 0.05) is 43.0 Å². The Bertz CT molecular complexity index is 1200. The maximum absolute atomic E-state index is 13.0. The van der Waals surface area contributed by atoms with E-state index in [0.29, 0.717) is 24.6 Å². The monoisotopic (exact) mass is 471 g/mol. The Morgan fingerprint density at radius 2 is 1.74 bits per heavy atom. The minimum Gasteiger partial charge on any atom is -0.467 e. The molecular weight excluding hydrogens is 438 g/mol. The van der Waals surface area contributed by atoms with E-state index in [1.807, 2.05) is 24.3 Å². The van der Waals surface area contributed by atoms with Crippen molar-refractivity contribution in [2.75, 3.05) is 31.6 Å². The van der Waals surface area contributed by atoms with Gasteiger partial charge in [0.15, 0.2) is 0 Å². The number of ether oxygens (including phenoxy) is 1. The van der Waals surface area contributed by atoms with Crippen LogP contribution in [0.15, 0.2) is 66.7 Å². The third-order valence-corrected chi connectivity index (χ3v) is 7.43. The maximum atomic E-state index is 13.0. The van der Waals surface area contributed by atoms with Crippen LogP contribution in [-0.2, 0) is 9.53 Å². The number of anilines is 1. The first-order chi connectivity index (χ1) is 17.0. The Kier molecular flexibility index (Phi) is 6.73. The van der Waals surface area contributed by atoms with Crippen LogP contribution in [0.25, 0.3) is 10.8 Å². The molecule has 0 spiro atoms. The van der Waals surface area contributed by atoms with Crippen LogP contribution in [0.5, 0.6) is 0 Å². The Morgan fingerprint density at radius 3 is 2.54 bits per heavy atom. The summed E-state index contributed by atoms with van der Waals surface area (Å²) in [5, 5.41) is 6.40. The number of carbonyl (C=O) groups excluding carboxylic acids is 2. The number of nitrogens with zero attached hydrogens (tertiary/aromatic N) is 2.